The van der Waals surface area contributed by atoms with E-state index in [1.807, 2.05) is 4.90 Å². The molecule has 2 aromatic rings. The summed E-state index contributed by atoms with van der Waals surface area (Å²) in [5.41, 5.74) is 1.26. The van der Waals surface area contributed by atoms with Crippen LogP contribution in [-0.2, 0) is 24.7 Å². The van der Waals surface area contributed by atoms with E-state index in [1.54, 1.807) is 23.0 Å². The molecule has 1 amide bonds. The third-order valence-corrected chi connectivity index (χ3v) is 8.16. The van der Waals surface area contributed by atoms with Gasteiger partial charge in [0.25, 0.3) is 5.56 Å². The number of nitrogens with zero attached hydrogens (tertiary/aromatic N) is 3. The normalized spacial score (nSPS) is 22.9. The largest absolute Gasteiger partial charge is 0.337 e. The van der Waals surface area contributed by atoms with Gasteiger partial charge < -0.3 is 4.90 Å². The lowest BCUT2D eigenvalue weighted by Gasteiger charge is -2.39. The Kier molecular flexibility index (Phi) is 5.34. The number of aryl methyl sites for hydroxylation is 2. The van der Waals surface area contributed by atoms with Crippen molar-refractivity contribution in [3.63, 3.8) is 0 Å². The van der Waals surface area contributed by atoms with Crippen molar-refractivity contribution in [2.45, 2.75) is 76.0 Å². The van der Waals surface area contributed by atoms with Gasteiger partial charge in [-0.3, -0.25) is 14.2 Å². The minimum Gasteiger partial charge on any atom is -0.337 e. The highest BCUT2D eigenvalue weighted by atomic mass is 32.2. The number of rotatable bonds is 3. The highest BCUT2D eigenvalue weighted by Gasteiger charge is 2.29. The summed E-state index contributed by atoms with van der Waals surface area (Å²) in [4.78, 5) is 34.7. The van der Waals surface area contributed by atoms with Crippen LogP contribution in [0, 0.1) is 0 Å². The van der Waals surface area contributed by atoms with Crippen LogP contribution in [0.25, 0.3) is 10.2 Å². The third kappa shape index (κ3) is 3.44. The molecule has 0 saturated carbocycles. The molecular formula is C20H27N3O2S2. The number of thioether (sulfide) groups is 1. The van der Waals surface area contributed by atoms with Crippen molar-refractivity contribution >= 4 is 39.2 Å². The second-order valence-corrected chi connectivity index (χ2v) is 9.89. The molecule has 2 aromatic heterocycles. The Bertz CT molecular complexity index is 923. The van der Waals surface area contributed by atoms with E-state index < -0.39 is 0 Å². The Morgan fingerprint density at radius 2 is 1.89 bits per heavy atom. The Hall–Kier alpha value is -1.34. The summed E-state index contributed by atoms with van der Waals surface area (Å²) in [5, 5.41) is 1.46. The van der Waals surface area contributed by atoms with Gasteiger partial charge in [0, 0.05) is 24.0 Å². The van der Waals surface area contributed by atoms with E-state index in [0.29, 0.717) is 23.0 Å². The Balaban J connectivity index is 1.58. The van der Waals surface area contributed by atoms with E-state index in [0.717, 1.165) is 42.3 Å². The maximum atomic E-state index is 13.0. The van der Waals surface area contributed by atoms with Gasteiger partial charge >= 0.3 is 0 Å². The minimum absolute atomic E-state index is 0.0362. The summed E-state index contributed by atoms with van der Waals surface area (Å²) in [6, 6.07) is 0.593. The van der Waals surface area contributed by atoms with Crippen molar-refractivity contribution in [3.05, 3.63) is 20.8 Å². The second kappa shape index (κ2) is 7.59. The summed E-state index contributed by atoms with van der Waals surface area (Å²) in [6.45, 7) is 4.27. The average molecular weight is 406 g/mol. The van der Waals surface area contributed by atoms with E-state index in [9.17, 15) is 9.59 Å². The van der Waals surface area contributed by atoms with Gasteiger partial charge in [-0.05, 0) is 64.4 Å². The second-order valence-electron chi connectivity index (χ2n) is 7.87. The zero-order valence-corrected chi connectivity index (χ0v) is 17.9. The lowest BCUT2D eigenvalue weighted by molar-refractivity contribution is -0.134. The van der Waals surface area contributed by atoms with Gasteiger partial charge in [-0.2, -0.15) is 0 Å². The van der Waals surface area contributed by atoms with E-state index in [4.69, 9.17) is 4.98 Å². The molecule has 0 spiro atoms. The number of thiophene rings is 1. The standard InChI is InChI=1S/C20H27N3O2S2/c1-12-7-6-8-13(2)23(12)16(24)11-26-20-21-18-17(19(25)22(20)3)14-9-4-5-10-15(14)27-18/h12-13H,4-11H2,1-3H3. The van der Waals surface area contributed by atoms with Crippen LogP contribution < -0.4 is 5.56 Å². The number of carbonyl (C=O) groups is 1. The lowest BCUT2D eigenvalue weighted by atomic mass is 9.97. The Morgan fingerprint density at radius 1 is 1.19 bits per heavy atom. The van der Waals surface area contributed by atoms with Crippen LogP contribution in [0.1, 0.15) is 56.4 Å². The number of piperidine rings is 1. The number of hydrogen-bond acceptors (Lipinski definition) is 5. The molecule has 7 heteroatoms. The summed E-state index contributed by atoms with van der Waals surface area (Å²) in [6.07, 6.45) is 7.73. The molecule has 0 N–H and O–H groups in total. The summed E-state index contributed by atoms with van der Waals surface area (Å²) < 4.78 is 1.63. The molecule has 2 atom stereocenters. The van der Waals surface area contributed by atoms with Crippen molar-refractivity contribution in [3.8, 4) is 0 Å². The van der Waals surface area contributed by atoms with Crippen LogP contribution in [0.5, 0.6) is 0 Å². The third-order valence-electron chi connectivity index (χ3n) is 5.96. The highest BCUT2D eigenvalue weighted by molar-refractivity contribution is 7.99. The number of aromatic nitrogens is 2. The fourth-order valence-electron chi connectivity index (χ4n) is 4.51. The molecule has 0 bridgehead atoms. The lowest BCUT2D eigenvalue weighted by Crippen LogP contribution is -2.48. The van der Waals surface area contributed by atoms with Gasteiger partial charge in [-0.15, -0.1) is 11.3 Å². The first-order valence-corrected chi connectivity index (χ1v) is 11.7. The number of fused-ring (bicyclic) bond motifs is 3. The Morgan fingerprint density at radius 3 is 2.63 bits per heavy atom. The average Bonchev–Trinajstić information content (AvgIpc) is 3.01. The molecule has 0 aromatic carbocycles. The van der Waals surface area contributed by atoms with E-state index >= 15 is 0 Å². The van der Waals surface area contributed by atoms with Crippen LogP contribution in [0.15, 0.2) is 9.95 Å². The number of hydrogen-bond donors (Lipinski definition) is 0. The zero-order chi connectivity index (χ0) is 19.1. The fraction of sp³-hybridized carbons (Fsp3) is 0.650. The number of likely N-dealkylation sites (tertiary alicyclic amines) is 1. The summed E-state index contributed by atoms with van der Waals surface area (Å²) in [7, 11) is 1.78. The predicted molar refractivity (Wildman–Crippen MR) is 112 cm³/mol. The number of amides is 1. The van der Waals surface area contributed by atoms with Crippen molar-refractivity contribution in [2.75, 3.05) is 5.75 Å². The summed E-state index contributed by atoms with van der Waals surface area (Å²) in [5.74, 6) is 0.491. The molecule has 5 nitrogen and oxygen atoms in total. The van der Waals surface area contributed by atoms with Crippen LogP contribution in [-0.4, -0.2) is 38.2 Å². The molecule has 1 saturated heterocycles. The molecule has 1 aliphatic carbocycles. The zero-order valence-electron chi connectivity index (χ0n) is 16.3. The molecule has 2 unspecified atom stereocenters. The first-order valence-electron chi connectivity index (χ1n) is 9.92. The van der Waals surface area contributed by atoms with Gasteiger partial charge in [0.05, 0.1) is 11.1 Å². The summed E-state index contributed by atoms with van der Waals surface area (Å²) >= 11 is 3.06. The van der Waals surface area contributed by atoms with Gasteiger partial charge in [0.15, 0.2) is 5.16 Å². The Labute approximate surface area is 168 Å². The molecule has 2 aliphatic rings. The molecular weight excluding hydrogens is 378 g/mol. The quantitative estimate of drug-likeness (QED) is 0.576. The van der Waals surface area contributed by atoms with Crippen LogP contribution in [0.2, 0.25) is 0 Å². The molecule has 0 radical (unpaired) electrons. The molecule has 3 heterocycles. The highest BCUT2D eigenvalue weighted by Crippen LogP contribution is 2.34. The van der Waals surface area contributed by atoms with Gasteiger partial charge in [-0.1, -0.05) is 11.8 Å². The smallest absolute Gasteiger partial charge is 0.262 e. The van der Waals surface area contributed by atoms with Crippen LogP contribution >= 0.6 is 23.1 Å². The molecule has 1 aliphatic heterocycles. The predicted octanol–water partition coefficient (Wildman–Crippen LogP) is 3.76. The fourth-order valence-corrected chi connectivity index (χ4v) is 6.65. The first-order chi connectivity index (χ1) is 13.0. The minimum atomic E-state index is 0.0362. The monoisotopic (exact) mass is 405 g/mol. The maximum absolute atomic E-state index is 13.0. The van der Waals surface area contributed by atoms with Crippen molar-refractivity contribution in [2.24, 2.45) is 7.05 Å². The van der Waals surface area contributed by atoms with Crippen molar-refractivity contribution in [1.29, 1.82) is 0 Å². The van der Waals surface area contributed by atoms with E-state index in [1.165, 1.54) is 35.0 Å². The number of carbonyl (C=O) groups excluding carboxylic acids is 1. The van der Waals surface area contributed by atoms with Crippen LogP contribution in [0.3, 0.4) is 0 Å². The van der Waals surface area contributed by atoms with E-state index in [-0.39, 0.29) is 11.5 Å². The van der Waals surface area contributed by atoms with Gasteiger partial charge in [-0.25, -0.2) is 4.98 Å². The molecule has 1 fully saturated rings. The molecule has 27 heavy (non-hydrogen) atoms. The topological polar surface area (TPSA) is 55.2 Å². The van der Waals surface area contributed by atoms with Crippen molar-refractivity contribution < 1.29 is 4.79 Å². The maximum Gasteiger partial charge on any atom is 0.262 e. The SMILES string of the molecule is CC1CCCC(C)N1C(=O)CSc1nc2sc3c(c2c(=O)n1C)CCCC3. The molecule has 146 valence electrons. The first kappa shape index (κ1) is 19.0. The van der Waals surface area contributed by atoms with Gasteiger partial charge in [0.1, 0.15) is 4.83 Å². The molecule has 4 rings (SSSR count). The van der Waals surface area contributed by atoms with E-state index in [2.05, 4.69) is 13.8 Å². The van der Waals surface area contributed by atoms with Crippen LogP contribution in [0.4, 0.5) is 0 Å². The van der Waals surface area contributed by atoms with Crippen molar-refractivity contribution in [1.82, 2.24) is 14.5 Å². The van der Waals surface area contributed by atoms with Gasteiger partial charge in [0.2, 0.25) is 5.91 Å².